The molecule has 2 aromatic carbocycles. The highest BCUT2D eigenvalue weighted by atomic mass is 32.2. The van der Waals surface area contributed by atoms with Crippen molar-refractivity contribution in [1.82, 2.24) is 50.7 Å². The number of ketones is 1. The molecule has 5 aliphatic heterocycles. The third kappa shape index (κ3) is 104. The third-order valence-corrected chi connectivity index (χ3v) is 29.1. The number of aliphatic hydroxyl groups is 1. The molecule has 884 valence electrons. The van der Waals surface area contributed by atoms with Crippen LogP contribution in [0.1, 0.15) is 481 Å². The topological polar surface area (TPSA) is 190 Å². The van der Waals surface area contributed by atoms with Crippen LogP contribution in [0.3, 0.4) is 0 Å². The number of guanidine groups is 1. The van der Waals surface area contributed by atoms with Gasteiger partial charge >= 0.3 is 0 Å². The Morgan fingerprint density at radius 2 is 0.933 bits per heavy atom. The predicted octanol–water partition coefficient (Wildman–Crippen LogP) is 31.1. The van der Waals surface area contributed by atoms with Crippen LogP contribution in [-0.2, 0) is 25.8 Å². The van der Waals surface area contributed by atoms with Gasteiger partial charge in [0.2, 0.25) is 0 Å². The molecule has 0 saturated carbocycles. The Labute approximate surface area is 931 Å². The molecule has 3 fully saturated rings. The second-order valence-electron chi connectivity index (χ2n) is 57.5. The van der Waals surface area contributed by atoms with E-state index >= 15 is 0 Å². The Hall–Kier alpha value is -3.73. The smallest absolute Gasteiger partial charge is 0.196 e. The molecule has 0 aromatic heterocycles. The second kappa shape index (κ2) is 83.5. The van der Waals surface area contributed by atoms with Gasteiger partial charge in [0.25, 0.3) is 0 Å². The average Bonchev–Trinajstić information content (AvgIpc) is 1.79. The number of β-amino-alcohol motifs (C(OH)–C–C–N with tert-alkyl or cyclic N) is 1. The number of para-hydroxylation sites is 1. The fraction of sp³-hybridized carbons (Fsp3) is 0.877. The molecule has 3 saturated heterocycles. The highest BCUT2D eigenvalue weighted by molar-refractivity contribution is 7.92. The number of nitrogens with zero attached hydrogens (tertiary/aromatic N) is 8. The first-order valence-electron chi connectivity index (χ1n) is 60.7. The van der Waals surface area contributed by atoms with Gasteiger partial charge in [-0.3, -0.25) is 9.79 Å². The summed E-state index contributed by atoms with van der Waals surface area (Å²) >= 11 is 0. The Balaban J connectivity index is -0.000000788. The number of aryl methyl sites for hydroxylation is 1. The van der Waals surface area contributed by atoms with Crippen LogP contribution in [0.5, 0.6) is 0 Å². The number of likely N-dealkylation sites (tertiary alicyclic amines) is 1. The molecule has 0 bridgehead atoms. The van der Waals surface area contributed by atoms with Crippen LogP contribution in [0.15, 0.2) is 76.8 Å². The predicted molar refractivity (Wildman–Crippen MR) is 666 cm³/mol. The Kier molecular flexibility index (Phi) is 85.0. The van der Waals surface area contributed by atoms with E-state index in [-0.39, 0.29) is 17.2 Å². The molecule has 5 heterocycles. The normalized spacial score (nSPS) is 16.1. The summed E-state index contributed by atoms with van der Waals surface area (Å²) in [6, 6.07) is 17.5. The Morgan fingerprint density at radius 1 is 0.483 bits per heavy atom. The second-order valence-corrected chi connectivity index (χ2v) is 59.8. The van der Waals surface area contributed by atoms with Gasteiger partial charge in [-0.05, 0) is 401 Å². The fourth-order valence-corrected chi connectivity index (χ4v) is 19.1. The van der Waals surface area contributed by atoms with Gasteiger partial charge in [0.05, 0.1) is 28.9 Å². The number of unbranched alkanes of at least 4 members (excludes halogenated alkanes) is 3. The van der Waals surface area contributed by atoms with E-state index in [0.717, 1.165) is 109 Å². The number of fused-ring (bicyclic) bond motifs is 1. The molecule has 2 aromatic rings. The summed E-state index contributed by atoms with van der Waals surface area (Å²) in [6.07, 6.45) is 46.8. The quantitative estimate of drug-likeness (QED) is 0.0343. The standard InChI is InChI=1S/C18H27NO3S.C17H33N3O2.C14H23N.C13H29N.C12H25N.C11H21N.C11H25N.C10H23N.C9H21N.C8H19N.C7H17N/c1-13(20)17-11-16(12-19-17)23(21,22)15-7-5-14(6-8-15)9-10-18(2,3)4;1-17(2,3)7-4-12-22-14-15(21)13-20-11-6-10-19-9-5-8-18-16(19)20;1-14(2,3)11-8-12-15(4)13-9-6-5-7-10-13;1-5-6-7-8-11-14-12-9-10-13(2,3)4;1-12(2,3)8-7-11-13-9-5-4-6-10-13;1-11(2,3)7-6-10-12-8-4-5-9-12;1-6-12(7-2)10-8-9-11(3,4)5;1-5-8-11-9-6-7-10(2,3)4;1-9(2,3)7-6-8-10(4)5;1-8(2,3)6-5-7-9-4;1-7(2,3)5-4-6-8/h5-8,16-17,19H,9-12H2,1-4H3;15,21H,4-14H2,1-3H3;5-7,9-10H,8,11-12H2,1-4H3;14H,5-12H2,1-4H3;4-11H2,1-3H3;4,8H,5-7,9-10H2,1-3H3;6-10H2,1-5H3;11H,5-9H2,1-4H3;6-8H2,1-5H3;9H,5-7H2,1-4H3;4-6,8H2,1-3H3/t16?,17-;;;;;;;;;;/m0........../s1. The number of Topliss-reactive ketones (excluding diaryl/α,β-unsaturated/α-hetero) is 1. The summed E-state index contributed by atoms with van der Waals surface area (Å²) < 4.78 is 31.0. The minimum absolute atomic E-state index is 0.000211. The Bertz CT molecular complexity index is 3560. The zero-order valence-corrected chi connectivity index (χ0v) is 109. The average molecular weight is 2120 g/mol. The number of sulfone groups is 1. The van der Waals surface area contributed by atoms with Gasteiger partial charge in [0, 0.05) is 78.2 Å². The number of ether oxygens (including phenoxy) is 1. The zero-order chi connectivity index (χ0) is 115. The molecule has 3 atom stereocenters. The zero-order valence-electron chi connectivity index (χ0n) is 108. The maximum absolute atomic E-state index is 12.7. The molecular weight excluding hydrogens is 1860 g/mol. The number of benzene rings is 2. The van der Waals surface area contributed by atoms with Crippen molar-refractivity contribution < 1.29 is 23.1 Å². The SMILES string of the molecule is CC(=O)[C@@H]1CC(S(=O)(=O)c2ccc(CCC(C)(C)C)cc2)CN1.CC(C)(C)CCCN.CC(C)(C)CCCN1C=CCC1.CC(C)(C)CCCN1CCCCC1.CC(C)(C)CCCOCC(O)CN1CCCN2CCCN=C21.CCCCCCNCCCC(C)(C)C.CCCNCCCC(C)(C)C.CCN(CC)CCCC(C)(C)C.CN(C)CCCC(C)(C)C.CN(CCCC(C)(C)C)c1ccccc1.CNCCCC(C)(C)C. The van der Waals surface area contributed by atoms with E-state index in [4.69, 9.17) is 10.5 Å². The number of rotatable bonds is 48. The molecule has 0 aliphatic carbocycles. The fourth-order valence-electron chi connectivity index (χ4n) is 17.4. The number of carbonyl (C=O) groups is 1. The largest absolute Gasteiger partial charge is 0.389 e. The number of anilines is 1. The van der Waals surface area contributed by atoms with Crippen LogP contribution in [-0.4, -0.2) is 257 Å². The van der Waals surface area contributed by atoms with E-state index in [1.807, 2.05) is 19.2 Å². The van der Waals surface area contributed by atoms with Crippen molar-refractivity contribution in [2.24, 2.45) is 70.3 Å². The number of nitrogens with two attached hydrogens (primary N) is 1. The van der Waals surface area contributed by atoms with E-state index < -0.39 is 21.2 Å². The van der Waals surface area contributed by atoms with Crippen molar-refractivity contribution >= 4 is 27.3 Å². The van der Waals surface area contributed by atoms with E-state index in [2.05, 4.69) is 380 Å². The Morgan fingerprint density at radius 3 is 1.38 bits per heavy atom. The number of hydrogen-bond acceptors (Lipinski definition) is 18. The highest BCUT2D eigenvalue weighted by Crippen LogP contribution is 2.31. The van der Waals surface area contributed by atoms with Crippen molar-refractivity contribution in [3.8, 4) is 0 Å². The number of aliphatic imine (C=N–C) groups is 1. The van der Waals surface area contributed by atoms with Crippen LogP contribution in [0.4, 0.5) is 5.69 Å². The minimum Gasteiger partial charge on any atom is -0.389 e. The summed E-state index contributed by atoms with van der Waals surface area (Å²) in [5, 5.41) is 22.8. The molecule has 0 radical (unpaired) electrons. The highest BCUT2D eigenvalue weighted by Gasteiger charge is 2.37. The molecule has 18 nitrogen and oxygen atoms in total. The van der Waals surface area contributed by atoms with Gasteiger partial charge in [-0.15, -0.1) is 0 Å². The van der Waals surface area contributed by atoms with E-state index in [1.54, 1.807) is 12.1 Å². The third-order valence-electron chi connectivity index (χ3n) is 26.9. The molecule has 2 unspecified atom stereocenters. The van der Waals surface area contributed by atoms with Crippen molar-refractivity contribution in [3.05, 3.63) is 72.4 Å². The van der Waals surface area contributed by atoms with E-state index in [1.165, 1.54) is 265 Å². The van der Waals surface area contributed by atoms with Gasteiger partial charge in [-0.2, -0.15) is 0 Å². The first-order valence-corrected chi connectivity index (χ1v) is 62.3. The first kappa shape index (κ1) is 152. The first-order chi connectivity index (χ1) is 68.8. The summed E-state index contributed by atoms with van der Waals surface area (Å²) in [5.74, 6) is 1.09. The van der Waals surface area contributed by atoms with Gasteiger partial charge < -0.3 is 71.1 Å². The van der Waals surface area contributed by atoms with Crippen molar-refractivity contribution in [1.29, 1.82) is 0 Å². The van der Waals surface area contributed by atoms with Crippen molar-refractivity contribution in [2.45, 2.75) is 504 Å². The molecule has 5 aliphatic rings. The van der Waals surface area contributed by atoms with E-state index in [0.29, 0.717) is 85.2 Å². The molecule has 0 spiro atoms. The van der Waals surface area contributed by atoms with Gasteiger partial charge in [0.1, 0.15) is 5.78 Å². The maximum atomic E-state index is 12.7. The lowest BCUT2D eigenvalue weighted by atomic mass is 9.89. The van der Waals surface area contributed by atoms with Crippen LogP contribution in [0.2, 0.25) is 0 Å². The molecular formula is C130H263N13O5S. The monoisotopic (exact) mass is 2120 g/mol. The lowest BCUT2D eigenvalue weighted by Crippen LogP contribution is -2.54. The molecule has 0 amide bonds. The van der Waals surface area contributed by atoms with Crippen LogP contribution in [0, 0.1) is 59.6 Å². The maximum Gasteiger partial charge on any atom is 0.196 e. The summed E-state index contributed by atoms with van der Waals surface area (Å²) in [4.78, 5) is 33.1. The van der Waals surface area contributed by atoms with Crippen LogP contribution >= 0.6 is 0 Å². The van der Waals surface area contributed by atoms with Crippen molar-refractivity contribution in [2.75, 3.05) is 190 Å². The number of aliphatic hydroxyl groups excluding tert-OH is 1. The minimum atomic E-state index is -3.38. The number of piperidine rings is 1. The lowest BCUT2D eigenvalue weighted by molar-refractivity contribution is -0.118. The summed E-state index contributed by atoms with van der Waals surface area (Å²) in [5.41, 5.74) is 12.9. The molecule has 19 heteroatoms. The molecule has 7 rings (SSSR count). The van der Waals surface area contributed by atoms with Gasteiger partial charge in [-0.1, -0.05) is 318 Å². The van der Waals surface area contributed by atoms with Crippen molar-refractivity contribution in [3.63, 3.8) is 0 Å². The van der Waals surface area contributed by atoms with E-state index in [9.17, 15) is 18.3 Å². The number of carbonyl (C=O) groups excluding carboxylic acids is 1. The number of hydrogen-bond donors (Lipinski definition) is 6. The molecule has 149 heavy (non-hydrogen) atoms. The lowest BCUT2D eigenvalue weighted by Gasteiger charge is -2.41. The molecule has 7 N–H and O–H groups in total. The van der Waals surface area contributed by atoms with Gasteiger partial charge in [-0.25, -0.2) is 8.42 Å². The van der Waals surface area contributed by atoms with Crippen LogP contribution in [0.25, 0.3) is 0 Å². The summed E-state index contributed by atoms with van der Waals surface area (Å²) in [7, 11) is 5.04. The summed E-state index contributed by atoms with van der Waals surface area (Å²) in [6.45, 7) is 111. The van der Waals surface area contributed by atoms with Crippen LogP contribution < -0.4 is 31.9 Å². The van der Waals surface area contributed by atoms with Gasteiger partial charge in [0.15, 0.2) is 15.8 Å². The number of nitrogens with one attached hydrogen (secondary N) is 4.